The van der Waals surface area contributed by atoms with Crippen molar-refractivity contribution < 1.29 is 9.21 Å². The molecular formula is C14H10Cl2O2. The SMILES string of the molecule is Cc1cc(Cl)ccc1-c1ccc(/C=C/C(=O)Cl)o1. The van der Waals surface area contributed by atoms with E-state index < -0.39 is 5.24 Å². The van der Waals surface area contributed by atoms with Gasteiger partial charge in [-0.25, -0.2) is 0 Å². The summed E-state index contributed by atoms with van der Waals surface area (Å²) in [6.45, 7) is 1.96. The molecule has 0 saturated heterocycles. The maximum atomic E-state index is 10.6. The summed E-state index contributed by atoms with van der Waals surface area (Å²) in [4.78, 5) is 10.6. The molecule has 0 N–H and O–H groups in total. The van der Waals surface area contributed by atoms with Gasteiger partial charge in [0.2, 0.25) is 5.24 Å². The highest BCUT2D eigenvalue weighted by Crippen LogP contribution is 2.27. The molecule has 0 saturated carbocycles. The van der Waals surface area contributed by atoms with Crippen molar-refractivity contribution in [2.45, 2.75) is 6.92 Å². The summed E-state index contributed by atoms with van der Waals surface area (Å²) < 4.78 is 5.60. The molecule has 2 nitrogen and oxygen atoms in total. The fraction of sp³-hybridized carbons (Fsp3) is 0.0714. The molecule has 1 aromatic heterocycles. The van der Waals surface area contributed by atoms with E-state index in [0.29, 0.717) is 10.8 Å². The maximum Gasteiger partial charge on any atom is 0.245 e. The Bertz CT molecular complexity index is 612. The Morgan fingerprint density at radius 2 is 2.06 bits per heavy atom. The smallest absolute Gasteiger partial charge is 0.245 e. The van der Waals surface area contributed by atoms with Crippen LogP contribution in [0, 0.1) is 6.92 Å². The average Bonchev–Trinajstić information content (AvgIpc) is 2.75. The van der Waals surface area contributed by atoms with E-state index in [9.17, 15) is 4.79 Å². The number of allylic oxidation sites excluding steroid dienone is 1. The number of halogens is 2. The molecule has 2 rings (SSSR count). The molecule has 18 heavy (non-hydrogen) atoms. The molecule has 4 heteroatoms. The lowest BCUT2D eigenvalue weighted by molar-refractivity contribution is -0.107. The lowest BCUT2D eigenvalue weighted by atomic mass is 10.1. The summed E-state index contributed by atoms with van der Waals surface area (Å²) in [6.07, 6.45) is 2.78. The van der Waals surface area contributed by atoms with Crippen LogP contribution in [0.5, 0.6) is 0 Å². The molecule has 1 heterocycles. The summed E-state index contributed by atoms with van der Waals surface area (Å²) in [6, 6.07) is 9.20. The van der Waals surface area contributed by atoms with Gasteiger partial charge in [0.25, 0.3) is 0 Å². The molecule has 0 amide bonds. The fourth-order valence-electron chi connectivity index (χ4n) is 1.64. The van der Waals surface area contributed by atoms with Crippen LogP contribution in [0.4, 0.5) is 0 Å². The van der Waals surface area contributed by atoms with Gasteiger partial charge in [-0.2, -0.15) is 0 Å². The predicted molar refractivity (Wildman–Crippen MR) is 73.8 cm³/mol. The predicted octanol–water partition coefficient (Wildman–Crippen LogP) is 4.69. The number of furan rings is 1. The van der Waals surface area contributed by atoms with Gasteiger partial charge < -0.3 is 4.42 Å². The third-order valence-electron chi connectivity index (χ3n) is 2.46. The van der Waals surface area contributed by atoms with Crippen LogP contribution in [0.15, 0.2) is 40.8 Å². The Morgan fingerprint density at radius 1 is 1.28 bits per heavy atom. The largest absolute Gasteiger partial charge is 0.457 e. The number of rotatable bonds is 3. The molecule has 0 aliphatic carbocycles. The molecule has 0 bridgehead atoms. The molecular weight excluding hydrogens is 271 g/mol. The van der Waals surface area contributed by atoms with Crippen molar-refractivity contribution in [3.8, 4) is 11.3 Å². The summed E-state index contributed by atoms with van der Waals surface area (Å²) in [7, 11) is 0. The topological polar surface area (TPSA) is 30.2 Å². The number of hydrogen-bond donors (Lipinski definition) is 0. The lowest BCUT2D eigenvalue weighted by Crippen LogP contribution is -1.80. The van der Waals surface area contributed by atoms with Crippen molar-refractivity contribution in [2.75, 3.05) is 0 Å². The number of aryl methyl sites for hydroxylation is 1. The van der Waals surface area contributed by atoms with Crippen LogP contribution < -0.4 is 0 Å². The van der Waals surface area contributed by atoms with Crippen molar-refractivity contribution in [1.82, 2.24) is 0 Å². The molecule has 92 valence electrons. The first-order chi connectivity index (χ1) is 8.56. The van der Waals surface area contributed by atoms with Crippen molar-refractivity contribution in [3.63, 3.8) is 0 Å². The molecule has 0 fully saturated rings. The molecule has 0 aliphatic rings. The minimum atomic E-state index is -0.532. The summed E-state index contributed by atoms with van der Waals surface area (Å²) in [5.74, 6) is 1.30. The van der Waals surface area contributed by atoms with Crippen molar-refractivity contribution >= 4 is 34.5 Å². The van der Waals surface area contributed by atoms with Crippen molar-refractivity contribution in [2.24, 2.45) is 0 Å². The van der Waals surface area contributed by atoms with Crippen molar-refractivity contribution in [1.29, 1.82) is 0 Å². The normalized spacial score (nSPS) is 11.1. The number of benzene rings is 1. The van der Waals surface area contributed by atoms with E-state index in [4.69, 9.17) is 27.6 Å². The summed E-state index contributed by atoms with van der Waals surface area (Å²) in [5, 5.41) is 0.159. The van der Waals surface area contributed by atoms with Crippen molar-refractivity contribution in [3.05, 3.63) is 52.8 Å². The zero-order valence-corrected chi connectivity index (χ0v) is 11.1. The first-order valence-corrected chi connectivity index (χ1v) is 6.06. The van der Waals surface area contributed by atoms with E-state index in [1.165, 1.54) is 12.2 Å². The zero-order chi connectivity index (χ0) is 13.1. The van der Waals surface area contributed by atoms with Gasteiger partial charge >= 0.3 is 0 Å². The second-order valence-electron chi connectivity index (χ2n) is 3.80. The second kappa shape index (κ2) is 5.42. The van der Waals surface area contributed by atoms with Gasteiger partial charge in [0.1, 0.15) is 11.5 Å². The Morgan fingerprint density at radius 3 is 2.72 bits per heavy atom. The van der Waals surface area contributed by atoms with Crippen LogP contribution >= 0.6 is 23.2 Å². The molecule has 1 aromatic carbocycles. The molecule has 2 aromatic rings. The molecule has 0 atom stereocenters. The van der Waals surface area contributed by atoms with Crippen LogP contribution in [-0.4, -0.2) is 5.24 Å². The van der Waals surface area contributed by atoms with E-state index in [1.807, 2.05) is 31.2 Å². The van der Waals surface area contributed by atoms with Gasteiger partial charge in [0.05, 0.1) is 0 Å². The minimum absolute atomic E-state index is 0.532. The third kappa shape index (κ3) is 3.03. The number of carbonyl (C=O) groups is 1. The van der Waals surface area contributed by atoms with Gasteiger partial charge in [-0.1, -0.05) is 11.6 Å². The Labute approximate surface area is 115 Å². The Balaban J connectivity index is 2.32. The number of carbonyl (C=O) groups excluding carboxylic acids is 1. The van der Waals surface area contributed by atoms with Crippen LogP contribution in [0.25, 0.3) is 17.4 Å². The minimum Gasteiger partial charge on any atom is -0.457 e. The van der Waals surface area contributed by atoms with E-state index >= 15 is 0 Å². The molecule has 0 spiro atoms. The molecule has 0 radical (unpaired) electrons. The number of hydrogen-bond acceptors (Lipinski definition) is 2. The first-order valence-electron chi connectivity index (χ1n) is 5.30. The maximum absolute atomic E-state index is 10.6. The van der Waals surface area contributed by atoms with Crippen LogP contribution in [-0.2, 0) is 4.79 Å². The lowest BCUT2D eigenvalue weighted by Gasteiger charge is -2.02. The monoisotopic (exact) mass is 280 g/mol. The second-order valence-corrected chi connectivity index (χ2v) is 4.61. The van der Waals surface area contributed by atoms with E-state index in [-0.39, 0.29) is 0 Å². The van der Waals surface area contributed by atoms with E-state index in [1.54, 1.807) is 6.07 Å². The van der Waals surface area contributed by atoms with E-state index in [0.717, 1.165) is 16.9 Å². The molecule has 0 aliphatic heterocycles. The Hall–Kier alpha value is -1.51. The quantitative estimate of drug-likeness (QED) is 0.603. The fourth-order valence-corrected chi connectivity index (χ4v) is 1.93. The van der Waals surface area contributed by atoms with Gasteiger partial charge in [-0.3, -0.25) is 4.79 Å². The van der Waals surface area contributed by atoms with E-state index in [2.05, 4.69) is 0 Å². The standard InChI is InChI=1S/C14H10Cl2O2/c1-9-8-10(15)2-5-12(9)13-6-3-11(18-13)4-7-14(16)17/h2-8H,1H3/b7-4+. The van der Waals surface area contributed by atoms with Crippen LogP contribution in [0.3, 0.4) is 0 Å². The summed E-state index contributed by atoms with van der Waals surface area (Å²) >= 11 is 11.1. The highest BCUT2D eigenvalue weighted by molar-refractivity contribution is 6.66. The zero-order valence-electron chi connectivity index (χ0n) is 9.61. The summed E-state index contributed by atoms with van der Waals surface area (Å²) in [5.41, 5.74) is 2.00. The third-order valence-corrected chi connectivity index (χ3v) is 2.82. The van der Waals surface area contributed by atoms with Gasteiger partial charge in [0, 0.05) is 16.7 Å². The highest BCUT2D eigenvalue weighted by Gasteiger charge is 2.06. The first kappa shape index (κ1) is 12.9. The van der Waals surface area contributed by atoms with Gasteiger partial charge in [0.15, 0.2) is 0 Å². The Kier molecular flexibility index (Phi) is 3.90. The highest BCUT2D eigenvalue weighted by atomic mass is 35.5. The van der Waals surface area contributed by atoms with Gasteiger partial charge in [-0.05, 0) is 60.5 Å². The average molecular weight is 281 g/mol. The molecule has 0 unspecified atom stereocenters. The van der Waals surface area contributed by atoms with Gasteiger partial charge in [-0.15, -0.1) is 0 Å². The van der Waals surface area contributed by atoms with Crippen LogP contribution in [0.1, 0.15) is 11.3 Å². The van der Waals surface area contributed by atoms with Crippen LogP contribution in [0.2, 0.25) is 5.02 Å².